The Balaban J connectivity index is -0.000000500. The van der Waals surface area contributed by atoms with E-state index in [9.17, 15) is 4.57 Å². The molecule has 0 saturated heterocycles. The molecule has 4 N–H and O–H groups in total. The van der Waals surface area contributed by atoms with Crippen LogP contribution in [0.5, 0.6) is 0 Å². The molecule has 0 amide bonds. The van der Waals surface area contributed by atoms with E-state index in [-0.39, 0.29) is 24.8 Å². The van der Waals surface area contributed by atoms with Gasteiger partial charge < -0.3 is 0 Å². The van der Waals surface area contributed by atoms with E-state index in [1.807, 2.05) is 0 Å². The van der Waals surface area contributed by atoms with Crippen LogP contribution >= 0.6 is 55.6 Å². The molecule has 0 spiro atoms. The minimum atomic E-state index is -3.14. The van der Waals surface area contributed by atoms with Crippen LogP contribution in [0.25, 0.3) is 0 Å². The lowest BCUT2D eigenvalue weighted by Gasteiger charge is -2.22. The van der Waals surface area contributed by atoms with Crippen molar-refractivity contribution in [3.05, 3.63) is 0 Å². The highest BCUT2D eigenvalue weighted by Gasteiger charge is 2.19. The minimum Gasteiger partial charge on any atom is -0.271 e. The first-order valence-corrected chi connectivity index (χ1v) is 5.93. The summed E-state index contributed by atoms with van der Waals surface area (Å²) in [7, 11) is -3.14. The SMILES string of the molecule is Cl.Cl.NP(N)(=O)N(CCCl)CCCl. The van der Waals surface area contributed by atoms with Crippen molar-refractivity contribution in [3.8, 4) is 0 Å². The van der Waals surface area contributed by atoms with Gasteiger partial charge in [0.05, 0.1) is 0 Å². The molecule has 84 valence electrons. The fraction of sp³-hybridized carbons (Fsp3) is 1.00. The third kappa shape index (κ3) is 9.57. The van der Waals surface area contributed by atoms with Gasteiger partial charge in [0.25, 0.3) is 7.59 Å². The molecular weight excluding hydrogens is 279 g/mol. The van der Waals surface area contributed by atoms with Gasteiger partial charge in [0.2, 0.25) is 0 Å². The van der Waals surface area contributed by atoms with E-state index in [0.29, 0.717) is 24.8 Å². The van der Waals surface area contributed by atoms with Crippen LogP contribution in [0.3, 0.4) is 0 Å². The van der Waals surface area contributed by atoms with E-state index in [1.165, 1.54) is 4.67 Å². The number of hydrogen-bond acceptors (Lipinski definition) is 1. The van der Waals surface area contributed by atoms with Crippen molar-refractivity contribution in [1.82, 2.24) is 4.67 Å². The van der Waals surface area contributed by atoms with E-state index in [1.54, 1.807) is 0 Å². The number of halogens is 4. The second kappa shape index (κ2) is 9.81. The third-order valence-corrected chi connectivity index (χ3v) is 2.75. The Morgan fingerprint density at radius 2 is 1.38 bits per heavy atom. The van der Waals surface area contributed by atoms with Gasteiger partial charge in [-0.1, -0.05) is 0 Å². The van der Waals surface area contributed by atoms with E-state index in [0.717, 1.165) is 0 Å². The predicted octanol–water partition coefficient (Wildman–Crippen LogP) is 1.64. The molecule has 0 aliphatic heterocycles. The fourth-order valence-electron chi connectivity index (χ4n) is 0.620. The molecule has 0 saturated carbocycles. The minimum absolute atomic E-state index is 0. The second-order valence-corrected chi connectivity index (χ2v) is 4.67. The lowest BCUT2D eigenvalue weighted by atomic mass is 10.6. The molecule has 0 heterocycles. The Bertz CT molecular complexity index is 148. The maximum Gasteiger partial charge on any atom is 0.276 e. The second-order valence-electron chi connectivity index (χ2n) is 2.00. The maximum atomic E-state index is 11.1. The first kappa shape index (κ1) is 19.8. The topological polar surface area (TPSA) is 72.3 Å². The van der Waals surface area contributed by atoms with Crippen LogP contribution < -0.4 is 11.0 Å². The number of rotatable bonds is 5. The van der Waals surface area contributed by atoms with Crippen molar-refractivity contribution in [3.63, 3.8) is 0 Å². The van der Waals surface area contributed by atoms with Crippen LogP contribution in [0.2, 0.25) is 0 Å². The first-order chi connectivity index (χ1) is 5.02. The Morgan fingerprint density at radius 3 is 1.54 bits per heavy atom. The molecule has 9 heteroatoms. The van der Waals surface area contributed by atoms with Gasteiger partial charge in [0.15, 0.2) is 0 Å². The molecule has 0 rings (SSSR count). The zero-order valence-electron chi connectivity index (χ0n) is 6.86. The molecule has 0 atom stereocenters. The first-order valence-electron chi connectivity index (χ1n) is 3.07. The average Bonchev–Trinajstić information content (AvgIpc) is 1.85. The monoisotopic (exact) mass is 291 g/mol. The number of nitrogens with two attached hydrogens (primary N) is 2. The molecule has 0 bridgehead atoms. The molecule has 13 heavy (non-hydrogen) atoms. The van der Waals surface area contributed by atoms with E-state index >= 15 is 0 Å². The van der Waals surface area contributed by atoms with E-state index < -0.39 is 7.59 Å². The van der Waals surface area contributed by atoms with Crippen LogP contribution in [0, 0.1) is 0 Å². The Morgan fingerprint density at radius 1 is 1.08 bits per heavy atom. The van der Waals surface area contributed by atoms with Crippen LogP contribution in [-0.2, 0) is 4.57 Å². The summed E-state index contributed by atoms with van der Waals surface area (Å²) in [6.07, 6.45) is 0. The zero-order valence-corrected chi connectivity index (χ0v) is 10.9. The van der Waals surface area contributed by atoms with Crippen molar-refractivity contribution in [2.45, 2.75) is 0 Å². The highest BCUT2D eigenvalue weighted by molar-refractivity contribution is 7.56. The quantitative estimate of drug-likeness (QED) is 0.597. The lowest BCUT2D eigenvalue weighted by molar-refractivity contribution is 0.447. The zero-order chi connectivity index (χ0) is 8.91. The largest absolute Gasteiger partial charge is 0.276 e. The summed E-state index contributed by atoms with van der Waals surface area (Å²) in [5, 5.41) is 0. The molecule has 0 aliphatic carbocycles. The predicted molar refractivity (Wildman–Crippen MR) is 63.5 cm³/mol. The van der Waals surface area contributed by atoms with Crippen LogP contribution in [0.15, 0.2) is 0 Å². The summed E-state index contributed by atoms with van der Waals surface area (Å²) in [6.45, 7) is 0.803. The standard InChI is InChI=1S/C4H12Cl2N3OP.2ClH/c5-1-3-9(4-2-6)11(7,8)10;;/h1-4H2,(H4,7,8,10);2*1H. The summed E-state index contributed by atoms with van der Waals surface area (Å²) >= 11 is 10.8. The Hall–Kier alpha value is 1.27. The lowest BCUT2D eigenvalue weighted by Crippen LogP contribution is -2.32. The van der Waals surface area contributed by atoms with Gasteiger partial charge in [0, 0.05) is 24.8 Å². The molecule has 0 aromatic carbocycles. The molecule has 4 nitrogen and oxygen atoms in total. The van der Waals surface area contributed by atoms with Crippen molar-refractivity contribution in [2.75, 3.05) is 24.8 Å². The van der Waals surface area contributed by atoms with Gasteiger partial charge in [0.1, 0.15) is 0 Å². The fourth-order valence-corrected chi connectivity index (χ4v) is 2.09. The summed E-state index contributed by atoms with van der Waals surface area (Å²) < 4.78 is 12.5. The highest BCUT2D eigenvalue weighted by atomic mass is 35.5. The average molecular weight is 293 g/mol. The third-order valence-electron chi connectivity index (χ3n) is 1.13. The van der Waals surface area contributed by atoms with Gasteiger partial charge in [-0.25, -0.2) is 4.67 Å². The summed E-state index contributed by atoms with van der Waals surface area (Å²) in [4.78, 5) is 0. The smallest absolute Gasteiger partial charge is 0.271 e. The normalized spacial score (nSPS) is 10.5. The maximum absolute atomic E-state index is 11.1. The van der Waals surface area contributed by atoms with Gasteiger partial charge in [-0.15, -0.1) is 48.0 Å². The Labute approximate surface area is 101 Å². The number of hydrogen-bond donors (Lipinski definition) is 2. The van der Waals surface area contributed by atoms with Crippen molar-refractivity contribution < 1.29 is 4.57 Å². The molecule has 0 radical (unpaired) electrons. The highest BCUT2D eigenvalue weighted by Crippen LogP contribution is 2.30. The molecular formula is C4H14Cl4N3OP. The molecule has 0 fully saturated rings. The number of nitrogens with zero attached hydrogens (tertiary/aromatic N) is 1. The van der Waals surface area contributed by atoms with Crippen LogP contribution in [0.4, 0.5) is 0 Å². The Kier molecular flexibility index (Phi) is 14.9. The van der Waals surface area contributed by atoms with E-state index in [4.69, 9.17) is 34.2 Å². The van der Waals surface area contributed by atoms with Gasteiger partial charge in [-0.3, -0.25) is 15.6 Å². The summed E-state index contributed by atoms with van der Waals surface area (Å²) in [5.74, 6) is 0.685. The summed E-state index contributed by atoms with van der Waals surface area (Å²) in [5.41, 5.74) is 10.4. The molecule has 0 aromatic rings. The van der Waals surface area contributed by atoms with Crippen LogP contribution in [-0.4, -0.2) is 29.5 Å². The summed E-state index contributed by atoms with van der Waals surface area (Å²) in [6, 6.07) is 0. The molecule has 0 aromatic heterocycles. The van der Waals surface area contributed by atoms with Gasteiger partial charge >= 0.3 is 0 Å². The van der Waals surface area contributed by atoms with E-state index in [2.05, 4.69) is 0 Å². The van der Waals surface area contributed by atoms with Gasteiger partial charge in [-0.2, -0.15) is 0 Å². The van der Waals surface area contributed by atoms with Crippen molar-refractivity contribution >= 4 is 55.6 Å². The molecule has 0 unspecified atom stereocenters. The van der Waals surface area contributed by atoms with Gasteiger partial charge in [-0.05, 0) is 0 Å². The number of alkyl halides is 2. The van der Waals surface area contributed by atoms with Crippen LogP contribution in [0.1, 0.15) is 0 Å². The molecule has 0 aliphatic rings. The van der Waals surface area contributed by atoms with Crippen molar-refractivity contribution in [1.29, 1.82) is 0 Å². The van der Waals surface area contributed by atoms with Crippen molar-refractivity contribution in [2.24, 2.45) is 11.0 Å².